The number of aliphatic carboxylic acids is 1. The van der Waals surface area contributed by atoms with E-state index in [2.05, 4.69) is 11.6 Å². The van der Waals surface area contributed by atoms with Crippen molar-refractivity contribution in [3.63, 3.8) is 0 Å². The van der Waals surface area contributed by atoms with E-state index in [9.17, 15) is 14.7 Å². The van der Waals surface area contributed by atoms with Gasteiger partial charge in [0.05, 0.1) is 17.2 Å². The van der Waals surface area contributed by atoms with Gasteiger partial charge in [-0.2, -0.15) is 0 Å². The molecule has 0 spiro atoms. The van der Waals surface area contributed by atoms with Crippen LogP contribution >= 0.6 is 0 Å². The lowest BCUT2D eigenvalue weighted by molar-refractivity contribution is -0.136. The molecule has 0 aliphatic carbocycles. The van der Waals surface area contributed by atoms with E-state index in [1.807, 2.05) is 90.1 Å². The number of rotatable bonds is 5. The number of benzene rings is 2. The van der Waals surface area contributed by atoms with Gasteiger partial charge >= 0.3 is 5.97 Å². The van der Waals surface area contributed by atoms with Crippen LogP contribution in [0.25, 0.3) is 40.1 Å². The summed E-state index contributed by atoms with van der Waals surface area (Å²) in [6.45, 7) is 15.5. The van der Waals surface area contributed by atoms with Crippen molar-refractivity contribution in [2.75, 3.05) is 0 Å². The first-order valence-corrected chi connectivity index (χ1v) is 11.7. The van der Waals surface area contributed by atoms with E-state index in [0.717, 1.165) is 48.9 Å². The van der Waals surface area contributed by atoms with Gasteiger partial charge in [0.25, 0.3) is 5.56 Å². The van der Waals surface area contributed by atoms with Gasteiger partial charge in [-0.15, -0.1) is 0 Å². The zero-order valence-corrected chi connectivity index (χ0v) is 21.4. The molecule has 0 aliphatic rings. The Morgan fingerprint density at radius 2 is 1.66 bits per heavy atom. The van der Waals surface area contributed by atoms with Crippen LogP contribution in [-0.4, -0.2) is 16.1 Å². The molecule has 4 heteroatoms. The van der Waals surface area contributed by atoms with E-state index in [1.54, 1.807) is 6.08 Å². The number of H-pyrrole nitrogens is 1. The normalized spacial score (nSPS) is 14.9. The molecule has 3 aromatic rings. The van der Waals surface area contributed by atoms with E-state index >= 15 is 0 Å². The highest BCUT2D eigenvalue weighted by molar-refractivity contribution is 5.89. The molecule has 2 N–H and O–H groups in total. The van der Waals surface area contributed by atoms with E-state index in [-0.39, 0.29) is 12.0 Å². The Kier molecular flexibility index (Phi) is 7.75. The molecule has 180 valence electrons. The lowest BCUT2D eigenvalue weighted by Gasteiger charge is -2.14. The Morgan fingerprint density at radius 3 is 2.20 bits per heavy atom. The number of pyridine rings is 1. The molecule has 0 saturated carbocycles. The third kappa shape index (κ3) is 4.97. The third-order valence-corrected chi connectivity index (χ3v) is 6.59. The van der Waals surface area contributed by atoms with Crippen LogP contribution in [-0.2, 0) is 4.79 Å². The van der Waals surface area contributed by atoms with Crippen LogP contribution in [0.15, 0.2) is 53.4 Å². The van der Waals surface area contributed by atoms with Gasteiger partial charge in [-0.1, -0.05) is 60.7 Å². The molecule has 4 nitrogen and oxygen atoms in total. The summed E-state index contributed by atoms with van der Waals surface area (Å²) in [5, 5.41) is 14.5. The fourth-order valence-corrected chi connectivity index (χ4v) is 4.75. The van der Waals surface area contributed by atoms with Crippen molar-refractivity contribution in [2.24, 2.45) is 0 Å². The van der Waals surface area contributed by atoms with Gasteiger partial charge in [-0.05, 0) is 91.3 Å². The maximum atomic E-state index is 13.5. The Labute approximate surface area is 205 Å². The number of carbonyl (C=O) groups is 1. The average molecular weight is 468 g/mol. The van der Waals surface area contributed by atoms with Crippen molar-refractivity contribution in [1.29, 1.82) is 0 Å². The largest absolute Gasteiger partial charge is 0.481 e. The number of allylic oxidation sites excluding steroid dienone is 2. The van der Waals surface area contributed by atoms with Gasteiger partial charge in [0, 0.05) is 5.22 Å². The molecule has 0 amide bonds. The summed E-state index contributed by atoms with van der Waals surface area (Å²) in [6.07, 6.45) is 7.43. The molecule has 0 radical (unpaired) electrons. The highest BCUT2D eigenvalue weighted by atomic mass is 16.4. The van der Waals surface area contributed by atoms with Crippen LogP contribution in [0, 0.1) is 13.8 Å². The Balaban J connectivity index is 2.57. The topological polar surface area (TPSA) is 70.2 Å². The monoisotopic (exact) mass is 467 g/mol. The summed E-state index contributed by atoms with van der Waals surface area (Å²) in [4.78, 5) is 28.4. The highest BCUT2D eigenvalue weighted by Gasteiger charge is 2.15. The summed E-state index contributed by atoms with van der Waals surface area (Å²) in [6, 6.07) is 10.1. The first-order valence-electron chi connectivity index (χ1n) is 11.7. The molecule has 1 aromatic heterocycles. The zero-order valence-electron chi connectivity index (χ0n) is 21.4. The van der Waals surface area contributed by atoms with Gasteiger partial charge in [-0.25, -0.2) is 0 Å². The second-order valence-corrected chi connectivity index (χ2v) is 8.83. The highest BCUT2D eigenvalue weighted by Crippen LogP contribution is 2.26. The number of aromatic amines is 1. The number of hydrogen-bond donors (Lipinski definition) is 2. The summed E-state index contributed by atoms with van der Waals surface area (Å²) in [7, 11) is 0. The fraction of sp³-hybridized carbons (Fsp3) is 0.226. The van der Waals surface area contributed by atoms with Gasteiger partial charge in [0.2, 0.25) is 0 Å². The average Bonchev–Trinajstić information content (AvgIpc) is 2.82. The predicted octanol–water partition coefficient (Wildman–Crippen LogP) is 3.83. The van der Waals surface area contributed by atoms with Crippen molar-refractivity contribution in [1.82, 2.24) is 4.98 Å². The van der Waals surface area contributed by atoms with Crippen molar-refractivity contribution in [2.45, 2.75) is 48.0 Å². The van der Waals surface area contributed by atoms with Gasteiger partial charge in [0.1, 0.15) is 0 Å². The maximum Gasteiger partial charge on any atom is 0.307 e. The summed E-state index contributed by atoms with van der Waals surface area (Å²) < 4.78 is 0. The molecule has 35 heavy (non-hydrogen) atoms. The number of nitrogens with one attached hydrogen (secondary N) is 1. The van der Waals surface area contributed by atoms with Crippen molar-refractivity contribution in [3.05, 3.63) is 96.6 Å². The molecule has 0 aliphatic heterocycles. The fourth-order valence-electron chi connectivity index (χ4n) is 4.75. The van der Waals surface area contributed by atoms with E-state index < -0.39 is 5.97 Å². The number of carboxylic acid groups (broad SMARTS) is 1. The minimum absolute atomic E-state index is 0.144. The van der Waals surface area contributed by atoms with Crippen LogP contribution in [0.4, 0.5) is 0 Å². The molecule has 0 unspecified atom stereocenters. The quantitative estimate of drug-likeness (QED) is 0.599. The van der Waals surface area contributed by atoms with E-state index in [4.69, 9.17) is 0 Å². The van der Waals surface area contributed by atoms with Crippen LogP contribution in [0.1, 0.15) is 50.8 Å². The van der Waals surface area contributed by atoms with Crippen molar-refractivity contribution in [3.8, 4) is 0 Å². The maximum absolute atomic E-state index is 13.5. The van der Waals surface area contributed by atoms with E-state index in [1.165, 1.54) is 0 Å². The Hall–Kier alpha value is -3.92. The first kappa shape index (κ1) is 25.7. The molecular formula is C31H33NO3. The number of aromatic nitrogens is 1. The second kappa shape index (κ2) is 10.6. The summed E-state index contributed by atoms with van der Waals surface area (Å²) >= 11 is 0. The molecule has 0 fully saturated rings. The molecule has 0 atom stereocenters. The minimum atomic E-state index is -0.917. The lowest BCUT2D eigenvalue weighted by Crippen LogP contribution is -2.42. The SMILES string of the molecule is C=C/C=c1/c(C)cc2c(=C\C)/c(=C(C)\C(CC(=O)O)=C(/C)c3ccc(C)cc3)[nH]c(=O)c2/c1=C/C. The Bertz CT molecular complexity index is 1660. The zero-order chi connectivity index (χ0) is 25.9. The number of aryl methyl sites for hydroxylation is 2. The Morgan fingerprint density at radius 1 is 1.03 bits per heavy atom. The van der Waals surface area contributed by atoms with Gasteiger partial charge < -0.3 is 10.1 Å². The molecule has 2 aromatic carbocycles. The molecule has 3 rings (SSSR count). The van der Waals surface area contributed by atoms with Gasteiger partial charge in [-0.3, -0.25) is 9.59 Å². The summed E-state index contributed by atoms with van der Waals surface area (Å²) in [5.74, 6) is -0.917. The van der Waals surface area contributed by atoms with Crippen LogP contribution in [0.2, 0.25) is 0 Å². The number of fused-ring (bicyclic) bond motifs is 1. The summed E-state index contributed by atoms with van der Waals surface area (Å²) in [5.41, 5.74) is 5.25. The molecule has 0 bridgehead atoms. The van der Waals surface area contributed by atoms with Crippen LogP contribution in [0.3, 0.4) is 0 Å². The molecule has 0 saturated heterocycles. The lowest BCUT2D eigenvalue weighted by atomic mass is 9.92. The third-order valence-electron chi connectivity index (χ3n) is 6.59. The second-order valence-electron chi connectivity index (χ2n) is 8.83. The predicted molar refractivity (Wildman–Crippen MR) is 148 cm³/mol. The standard InChI is InChI=1S/C31H33NO3/c1-8-11-25-19(5)16-27-24(10-3)30(32-31(35)29(27)23(25)9-2)21(7)26(17-28(33)34)20(6)22-14-12-18(4)13-15-22/h8-16H,1,17H2,2-7H3,(H,32,35)(H,33,34)/b23-9+,24-10+,25-11-,26-20+,30-21+. The molecule has 1 heterocycles. The van der Waals surface area contributed by atoms with Crippen molar-refractivity contribution >= 4 is 46.1 Å². The number of carboxylic acids is 1. The van der Waals surface area contributed by atoms with Crippen LogP contribution < -0.4 is 26.6 Å². The van der Waals surface area contributed by atoms with Crippen molar-refractivity contribution < 1.29 is 9.90 Å². The number of hydrogen-bond acceptors (Lipinski definition) is 2. The minimum Gasteiger partial charge on any atom is -0.481 e. The smallest absolute Gasteiger partial charge is 0.307 e. The van der Waals surface area contributed by atoms with E-state index in [0.29, 0.717) is 16.3 Å². The first-order chi connectivity index (χ1) is 16.6. The molecular weight excluding hydrogens is 434 g/mol. The van der Waals surface area contributed by atoms with Crippen LogP contribution in [0.5, 0.6) is 0 Å². The van der Waals surface area contributed by atoms with Gasteiger partial charge in [0.15, 0.2) is 0 Å².